The first-order chi connectivity index (χ1) is 9.10. The van der Waals surface area contributed by atoms with Crippen LogP contribution in [0.3, 0.4) is 0 Å². The van der Waals surface area contributed by atoms with Crippen LogP contribution in [0.15, 0.2) is 42.5 Å². The number of halogens is 2. The molecule has 0 saturated carbocycles. The quantitative estimate of drug-likeness (QED) is 0.577. The summed E-state index contributed by atoms with van der Waals surface area (Å²) >= 11 is 1.99. The van der Waals surface area contributed by atoms with Crippen LogP contribution in [-0.2, 0) is 12.8 Å². The van der Waals surface area contributed by atoms with Crippen molar-refractivity contribution >= 4 is 28.4 Å². The van der Waals surface area contributed by atoms with Crippen molar-refractivity contribution in [2.45, 2.75) is 19.8 Å². The van der Waals surface area contributed by atoms with Crippen LogP contribution in [0.2, 0.25) is 0 Å². The Morgan fingerprint density at radius 2 is 1.74 bits per heavy atom. The molecular weight excluding hydrogens is 354 g/mol. The van der Waals surface area contributed by atoms with Crippen LogP contribution in [-0.4, -0.2) is 5.78 Å². The van der Waals surface area contributed by atoms with Gasteiger partial charge in [0.1, 0.15) is 5.82 Å². The predicted molar refractivity (Wildman–Crippen MR) is 83.0 cm³/mol. The van der Waals surface area contributed by atoms with E-state index in [-0.39, 0.29) is 11.6 Å². The normalized spacial score (nSPS) is 10.5. The van der Waals surface area contributed by atoms with E-state index >= 15 is 0 Å². The van der Waals surface area contributed by atoms with E-state index in [9.17, 15) is 9.18 Å². The van der Waals surface area contributed by atoms with Crippen molar-refractivity contribution in [3.8, 4) is 0 Å². The Hall–Kier alpha value is -1.23. The van der Waals surface area contributed by atoms with Gasteiger partial charge in [0.05, 0.1) is 0 Å². The molecule has 0 bridgehead atoms. The highest BCUT2D eigenvalue weighted by Crippen LogP contribution is 2.17. The molecule has 2 rings (SSSR count). The van der Waals surface area contributed by atoms with Crippen molar-refractivity contribution in [2.75, 3.05) is 0 Å². The highest BCUT2D eigenvalue weighted by Gasteiger charge is 2.11. The third-order valence-corrected chi connectivity index (χ3v) is 3.92. The number of aryl methyl sites for hydroxylation is 1. The zero-order valence-corrected chi connectivity index (χ0v) is 12.8. The molecule has 19 heavy (non-hydrogen) atoms. The first-order valence-corrected chi connectivity index (χ1v) is 7.24. The lowest BCUT2D eigenvalue weighted by molar-refractivity contribution is 0.0992. The Bertz CT molecular complexity index is 590. The van der Waals surface area contributed by atoms with Gasteiger partial charge in [-0.2, -0.15) is 0 Å². The number of carbonyl (C=O) groups is 1. The lowest BCUT2D eigenvalue weighted by Crippen LogP contribution is -2.06. The maximum Gasteiger partial charge on any atom is 0.168 e. The van der Waals surface area contributed by atoms with Crippen molar-refractivity contribution < 1.29 is 9.18 Å². The molecule has 2 aromatic carbocycles. The molecule has 0 saturated heterocycles. The minimum Gasteiger partial charge on any atom is -0.294 e. The first kappa shape index (κ1) is 14.2. The molecule has 2 aromatic rings. The monoisotopic (exact) mass is 368 g/mol. The van der Waals surface area contributed by atoms with Crippen LogP contribution in [0.4, 0.5) is 4.39 Å². The zero-order chi connectivity index (χ0) is 13.8. The van der Waals surface area contributed by atoms with E-state index in [0.717, 1.165) is 12.0 Å². The number of rotatable bonds is 4. The van der Waals surface area contributed by atoms with Gasteiger partial charge in [0.25, 0.3) is 0 Å². The van der Waals surface area contributed by atoms with E-state index < -0.39 is 0 Å². The topological polar surface area (TPSA) is 17.1 Å². The van der Waals surface area contributed by atoms with E-state index in [1.54, 1.807) is 6.07 Å². The Labute approximate surface area is 126 Å². The van der Waals surface area contributed by atoms with Gasteiger partial charge < -0.3 is 0 Å². The fraction of sp³-hybridized carbons (Fsp3) is 0.188. The van der Waals surface area contributed by atoms with E-state index in [1.807, 2.05) is 46.9 Å². The summed E-state index contributed by atoms with van der Waals surface area (Å²) in [4.78, 5) is 12.2. The Balaban J connectivity index is 2.15. The van der Waals surface area contributed by atoms with E-state index in [1.165, 1.54) is 17.7 Å². The molecule has 0 fully saturated rings. The molecule has 0 aliphatic rings. The molecule has 3 heteroatoms. The summed E-state index contributed by atoms with van der Waals surface area (Å²) in [5.41, 5.74) is 2.83. The molecule has 0 aromatic heterocycles. The number of ketones is 1. The van der Waals surface area contributed by atoms with Crippen molar-refractivity contribution in [3.63, 3.8) is 0 Å². The average Bonchev–Trinajstić information content (AvgIpc) is 2.39. The Morgan fingerprint density at radius 3 is 2.32 bits per heavy atom. The van der Waals surface area contributed by atoms with Crippen LogP contribution in [0.5, 0.6) is 0 Å². The second kappa shape index (κ2) is 6.28. The number of hydrogen-bond acceptors (Lipinski definition) is 1. The molecule has 0 N–H and O–H groups in total. The SMILES string of the molecule is CCc1ccc(CC(=O)c2ccc(F)cc2I)cc1. The van der Waals surface area contributed by atoms with Crippen molar-refractivity contribution in [3.05, 3.63) is 68.5 Å². The molecule has 0 atom stereocenters. The van der Waals surface area contributed by atoms with Gasteiger partial charge in [-0.1, -0.05) is 31.2 Å². The first-order valence-electron chi connectivity index (χ1n) is 6.16. The molecule has 98 valence electrons. The second-order valence-corrected chi connectivity index (χ2v) is 5.56. The summed E-state index contributed by atoms with van der Waals surface area (Å²) in [5.74, 6) is -0.290. The zero-order valence-electron chi connectivity index (χ0n) is 10.6. The Kier molecular flexibility index (Phi) is 4.69. The highest BCUT2D eigenvalue weighted by molar-refractivity contribution is 14.1. The number of Topliss-reactive ketones (excluding diaryl/α,β-unsaturated/α-hetero) is 1. The number of carbonyl (C=O) groups excluding carboxylic acids is 1. The average molecular weight is 368 g/mol. The second-order valence-electron chi connectivity index (χ2n) is 4.39. The van der Waals surface area contributed by atoms with Gasteiger partial charge in [0.2, 0.25) is 0 Å². The summed E-state index contributed by atoms with van der Waals surface area (Å²) in [6, 6.07) is 12.3. The summed E-state index contributed by atoms with van der Waals surface area (Å²) in [6.07, 6.45) is 1.34. The minimum absolute atomic E-state index is 0.0219. The summed E-state index contributed by atoms with van der Waals surface area (Å²) in [6.45, 7) is 2.10. The van der Waals surface area contributed by atoms with Crippen molar-refractivity contribution in [2.24, 2.45) is 0 Å². The van der Waals surface area contributed by atoms with Crippen LogP contribution in [0.1, 0.15) is 28.4 Å². The van der Waals surface area contributed by atoms with Crippen molar-refractivity contribution in [1.29, 1.82) is 0 Å². The smallest absolute Gasteiger partial charge is 0.168 e. The summed E-state index contributed by atoms with van der Waals surface area (Å²) < 4.78 is 13.7. The third-order valence-electron chi connectivity index (χ3n) is 3.03. The molecule has 0 amide bonds. The lowest BCUT2D eigenvalue weighted by atomic mass is 10.0. The molecule has 1 nitrogen and oxygen atoms in total. The molecule has 0 heterocycles. The van der Waals surface area contributed by atoms with E-state index in [4.69, 9.17) is 0 Å². The van der Waals surface area contributed by atoms with Gasteiger partial charge >= 0.3 is 0 Å². The molecule has 0 unspecified atom stereocenters. The minimum atomic E-state index is -0.312. The largest absolute Gasteiger partial charge is 0.294 e. The van der Waals surface area contributed by atoms with E-state index in [0.29, 0.717) is 15.6 Å². The van der Waals surface area contributed by atoms with Gasteiger partial charge in [-0.3, -0.25) is 4.79 Å². The van der Waals surface area contributed by atoms with Gasteiger partial charge in [-0.15, -0.1) is 0 Å². The summed E-state index contributed by atoms with van der Waals surface area (Å²) in [7, 11) is 0. The maximum atomic E-state index is 13.0. The molecule has 0 spiro atoms. The van der Waals surface area contributed by atoms with Crippen LogP contribution in [0, 0.1) is 9.39 Å². The molecule has 0 aliphatic carbocycles. The van der Waals surface area contributed by atoms with Crippen molar-refractivity contribution in [1.82, 2.24) is 0 Å². The fourth-order valence-electron chi connectivity index (χ4n) is 1.89. The standard InChI is InChI=1S/C16H14FIO/c1-2-11-3-5-12(6-4-11)9-16(19)14-8-7-13(17)10-15(14)18/h3-8,10H,2,9H2,1H3. The van der Waals surface area contributed by atoms with Crippen LogP contribution >= 0.6 is 22.6 Å². The van der Waals surface area contributed by atoms with Gasteiger partial charge in [0, 0.05) is 15.6 Å². The van der Waals surface area contributed by atoms with Crippen LogP contribution in [0.25, 0.3) is 0 Å². The number of benzene rings is 2. The highest BCUT2D eigenvalue weighted by atomic mass is 127. The Morgan fingerprint density at radius 1 is 1.11 bits per heavy atom. The van der Waals surface area contributed by atoms with Gasteiger partial charge in [-0.05, 0) is 58.3 Å². The van der Waals surface area contributed by atoms with Gasteiger partial charge in [-0.25, -0.2) is 4.39 Å². The lowest BCUT2D eigenvalue weighted by Gasteiger charge is -2.05. The fourth-order valence-corrected chi connectivity index (χ4v) is 2.67. The van der Waals surface area contributed by atoms with E-state index in [2.05, 4.69) is 6.92 Å². The molecule has 0 aliphatic heterocycles. The molecule has 0 radical (unpaired) electrons. The third kappa shape index (κ3) is 3.62. The molecular formula is C16H14FIO. The summed E-state index contributed by atoms with van der Waals surface area (Å²) in [5, 5.41) is 0. The van der Waals surface area contributed by atoms with Crippen LogP contribution < -0.4 is 0 Å². The maximum absolute atomic E-state index is 13.0. The number of hydrogen-bond donors (Lipinski definition) is 0. The predicted octanol–water partition coefficient (Wildman–Crippen LogP) is 4.42. The van der Waals surface area contributed by atoms with Gasteiger partial charge in [0.15, 0.2) is 5.78 Å².